The van der Waals surface area contributed by atoms with Gasteiger partial charge in [0.25, 0.3) is 0 Å². The molecule has 0 aliphatic carbocycles. The normalized spacial score (nSPS) is 17.5. The molecular formula is C42H61Cl3N14O4. The predicted octanol–water partition coefficient (Wildman–Crippen LogP) is 5.39. The van der Waals surface area contributed by atoms with Crippen molar-refractivity contribution in [2.45, 2.75) is 64.8 Å². The van der Waals surface area contributed by atoms with Gasteiger partial charge in [0, 0.05) is 114 Å². The molecule has 0 bridgehead atoms. The first kappa shape index (κ1) is 48.1. The van der Waals surface area contributed by atoms with E-state index in [4.69, 9.17) is 54.2 Å². The van der Waals surface area contributed by atoms with Crippen molar-refractivity contribution < 1.29 is 19.1 Å². The molecule has 63 heavy (non-hydrogen) atoms. The third kappa shape index (κ3) is 12.5. The number of halogens is 3. The van der Waals surface area contributed by atoms with E-state index in [1.807, 2.05) is 53.7 Å². The SMILES string of the molecule is CC(C)(C)OC(=O)N1CCN(c2nc(Cl)nc3c(Cl)nccc23)CC1.CN(C)C1CN(c2nc(N3CCN(C(=O)OC(C)(C)C)CC3)c3ccnc(Cl)c3n2)C1.CN(C)C1CNC1. The van der Waals surface area contributed by atoms with E-state index in [0.717, 1.165) is 35.7 Å². The van der Waals surface area contributed by atoms with E-state index in [2.05, 4.69) is 77.9 Å². The molecular weight excluding hydrogens is 871 g/mol. The minimum Gasteiger partial charge on any atom is -0.444 e. The number of likely N-dealkylation sites (N-methyl/N-ethyl adjacent to an activating group) is 2. The summed E-state index contributed by atoms with van der Waals surface area (Å²) >= 11 is 18.6. The number of nitrogens with one attached hydrogen (secondary N) is 1. The van der Waals surface area contributed by atoms with E-state index >= 15 is 0 Å². The number of nitrogens with zero attached hydrogens (tertiary/aromatic N) is 13. The molecule has 4 saturated heterocycles. The lowest BCUT2D eigenvalue weighted by Crippen LogP contribution is -2.58. The molecule has 4 aliphatic heterocycles. The fourth-order valence-electron chi connectivity index (χ4n) is 7.04. The second-order valence-electron chi connectivity index (χ2n) is 18.4. The molecule has 0 radical (unpaired) electrons. The summed E-state index contributed by atoms with van der Waals surface area (Å²) in [4.78, 5) is 65.3. The maximum absolute atomic E-state index is 12.4. The van der Waals surface area contributed by atoms with Crippen molar-refractivity contribution in [3.05, 3.63) is 40.1 Å². The van der Waals surface area contributed by atoms with E-state index in [1.54, 1.807) is 22.2 Å². The Morgan fingerprint density at radius 1 is 0.619 bits per heavy atom. The van der Waals surface area contributed by atoms with Crippen LogP contribution in [0.5, 0.6) is 0 Å². The summed E-state index contributed by atoms with van der Waals surface area (Å²) in [6.07, 6.45) is 2.72. The summed E-state index contributed by atoms with van der Waals surface area (Å²) in [7, 11) is 8.40. The molecule has 0 spiro atoms. The largest absolute Gasteiger partial charge is 0.444 e. The summed E-state index contributed by atoms with van der Waals surface area (Å²) in [5, 5.41) is 5.64. The molecule has 8 heterocycles. The number of piperazine rings is 2. The standard InChI is InChI=1S/C21H30ClN7O2.C16H19Cl2N5O2.C5H12N2/c1-21(2,3)31-20(30)28-10-8-27(9-11-28)18-15-6-7-23-17(22)16(15)24-19(25-18)29-12-14(13-29)26(4)5;1-16(2,3)25-15(24)23-8-6-22(7-9-23)13-10-4-5-19-12(17)11(10)20-14(18)21-13;1-7(2)5-3-6-4-5/h6-7,14H,8-13H2,1-5H3;4-5H,6-9H2,1-3H3;5-6H,3-4H2,1-2H3. The van der Waals surface area contributed by atoms with Gasteiger partial charge >= 0.3 is 12.2 Å². The van der Waals surface area contributed by atoms with Crippen LogP contribution in [0.1, 0.15) is 41.5 Å². The van der Waals surface area contributed by atoms with Crippen LogP contribution in [0.25, 0.3) is 21.8 Å². The second-order valence-corrected chi connectivity index (χ2v) is 19.4. The number of hydrogen-bond acceptors (Lipinski definition) is 16. The van der Waals surface area contributed by atoms with E-state index in [0.29, 0.717) is 86.4 Å². The van der Waals surface area contributed by atoms with Crippen molar-refractivity contribution in [3.63, 3.8) is 0 Å². The van der Waals surface area contributed by atoms with Gasteiger partial charge in [0.1, 0.15) is 33.9 Å². The third-order valence-corrected chi connectivity index (χ3v) is 11.6. The molecule has 1 N–H and O–H groups in total. The van der Waals surface area contributed by atoms with Crippen LogP contribution in [0, 0.1) is 0 Å². The van der Waals surface area contributed by atoms with E-state index in [-0.39, 0.29) is 22.6 Å². The van der Waals surface area contributed by atoms with Crippen molar-refractivity contribution >= 4 is 86.4 Å². The zero-order valence-corrected chi connectivity index (χ0v) is 40.3. The first-order valence-corrected chi connectivity index (χ1v) is 22.3. The van der Waals surface area contributed by atoms with Crippen LogP contribution < -0.4 is 20.0 Å². The van der Waals surface area contributed by atoms with Gasteiger partial charge in [-0.05, 0) is 93.5 Å². The summed E-state index contributed by atoms with van der Waals surface area (Å²) in [5.74, 6) is 2.20. The van der Waals surface area contributed by atoms with E-state index < -0.39 is 11.2 Å². The number of fused-ring (bicyclic) bond motifs is 2. The van der Waals surface area contributed by atoms with Gasteiger partial charge in [0.05, 0.1) is 0 Å². The Kier molecular flexibility index (Phi) is 15.5. The van der Waals surface area contributed by atoms with E-state index in [1.165, 1.54) is 13.1 Å². The Hall–Kier alpha value is -4.33. The van der Waals surface area contributed by atoms with Crippen LogP contribution in [0.15, 0.2) is 24.5 Å². The van der Waals surface area contributed by atoms with E-state index in [9.17, 15) is 9.59 Å². The fraction of sp³-hybridized carbons (Fsp3) is 0.619. The highest BCUT2D eigenvalue weighted by Gasteiger charge is 2.33. The summed E-state index contributed by atoms with van der Waals surface area (Å²) in [6.45, 7) is 20.1. The molecule has 8 rings (SSSR count). The lowest BCUT2D eigenvalue weighted by atomic mass is 10.1. The van der Waals surface area contributed by atoms with Crippen molar-refractivity contribution in [1.29, 1.82) is 0 Å². The molecule has 0 saturated carbocycles. The molecule has 21 heteroatoms. The summed E-state index contributed by atoms with van der Waals surface area (Å²) < 4.78 is 10.9. The number of hydrogen-bond donors (Lipinski definition) is 1. The van der Waals surface area contributed by atoms with Crippen LogP contribution in [-0.2, 0) is 9.47 Å². The number of amides is 2. The van der Waals surface area contributed by atoms with Crippen LogP contribution in [0.3, 0.4) is 0 Å². The zero-order valence-electron chi connectivity index (χ0n) is 38.0. The van der Waals surface area contributed by atoms with Gasteiger partial charge in [-0.3, -0.25) is 0 Å². The Morgan fingerprint density at radius 2 is 1.05 bits per heavy atom. The van der Waals surface area contributed by atoms with Gasteiger partial charge in [0.15, 0.2) is 10.3 Å². The Bertz CT molecular complexity index is 2210. The predicted molar refractivity (Wildman–Crippen MR) is 250 cm³/mol. The van der Waals surface area contributed by atoms with Gasteiger partial charge in [-0.1, -0.05) is 23.2 Å². The minimum absolute atomic E-state index is 0.118. The average Bonchev–Trinajstić information content (AvgIpc) is 3.16. The number of ether oxygens (including phenoxy) is 2. The fourth-order valence-corrected chi connectivity index (χ4v) is 7.60. The van der Waals surface area contributed by atoms with Crippen LogP contribution >= 0.6 is 34.8 Å². The quantitative estimate of drug-likeness (QED) is 0.200. The van der Waals surface area contributed by atoms with Gasteiger partial charge in [-0.25, -0.2) is 29.5 Å². The topological polar surface area (TPSA) is 165 Å². The molecule has 4 fully saturated rings. The number of pyridine rings is 2. The van der Waals surface area contributed by atoms with Crippen LogP contribution in [-0.4, -0.2) is 192 Å². The first-order chi connectivity index (χ1) is 29.7. The lowest BCUT2D eigenvalue weighted by Gasteiger charge is -2.43. The third-order valence-electron chi connectivity index (χ3n) is 10.9. The molecule has 2 amide bonds. The van der Waals surface area contributed by atoms with Crippen LogP contribution in [0.2, 0.25) is 15.6 Å². The van der Waals surface area contributed by atoms with Crippen molar-refractivity contribution in [3.8, 4) is 0 Å². The molecule has 344 valence electrons. The monoisotopic (exact) mass is 930 g/mol. The summed E-state index contributed by atoms with van der Waals surface area (Å²) in [6, 6.07) is 5.01. The zero-order chi connectivity index (χ0) is 45.8. The maximum atomic E-state index is 12.4. The molecule has 4 aliphatic rings. The number of carbonyl (C=O) groups is 2. The molecule has 4 aromatic rings. The van der Waals surface area contributed by atoms with Gasteiger partial charge in [-0.15, -0.1) is 0 Å². The number of aromatic nitrogens is 6. The molecule has 0 atom stereocenters. The maximum Gasteiger partial charge on any atom is 0.410 e. The Morgan fingerprint density at radius 3 is 1.43 bits per heavy atom. The Balaban J connectivity index is 0.000000184. The highest BCUT2D eigenvalue weighted by Crippen LogP contribution is 2.33. The van der Waals surface area contributed by atoms with Gasteiger partial charge in [0.2, 0.25) is 11.2 Å². The van der Waals surface area contributed by atoms with Gasteiger partial charge in [-0.2, -0.15) is 9.97 Å². The van der Waals surface area contributed by atoms with Crippen molar-refractivity contribution in [1.82, 2.24) is 54.8 Å². The first-order valence-electron chi connectivity index (χ1n) is 21.2. The second kappa shape index (κ2) is 20.2. The smallest absolute Gasteiger partial charge is 0.410 e. The molecule has 0 aromatic carbocycles. The number of carbonyl (C=O) groups excluding carboxylic acids is 2. The average molecular weight is 932 g/mol. The number of rotatable bonds is 5. The highest BCUT2D eigenvalue weighted by atomic mass is 35.5. The lowest BCUT2D eigenvalue weighted by molar-refractivity contribution is 0.0230. The molecule has 4 aromatic heterocycles. The van der Waals surface area contributed by atoms with Crippen LogP contribution in [0.4, 0.5) is 27.2 Å². The molecule has 18 nitrogen and oxygen atoms in total. The minimum atomic E-state index is -0.506. The van der Waals surface area contributed by atoms with Crippen molar-refractivity contribution in [2.75, 3.05) is 121 Å². The number of anilines is 3. The Labute approximate surface area is 385 Å². The summed E-state index contributed by atoms with van der Waals surface area (Å²) in [5.41, 5.74) is 0.173. The molecule has 0 unspecified atom stereocenters. The van der Waals surface area contributed by atoms with Crippen molar-refractivity contribution in [2.24, 2.45) is 0 Å². The highest BCUT2D eigenvalue weighted by molar-refractivity contribution is 6.35. The van der Waals surface area contributed by atoms with Gasteiger partial charge < -0.3 is 49.1 Å².